The number of unbranched alkanes of at least 4 members (excludes halogenated alkanes) is 1. The fourth-order valence-corrected chi connectivity index (χ4v) is 2.29. The van der Waals surface area contributed by atoms with Crippen LogP contribution in [0.1, 0.15) is 33.1 Å². The van der Waals surface area contributed by atoms with Gasteiger partial charge in [-0.05, 0) is 12.8 Å². The maximum Gasteiger partial charge on any atom is 0.321 e. The number of nitrogens with one attached hydrogen (secondary N) is 1. The SMILES string of the molecule is CCCCN(CCC)C(=O)Nc1cc(OC)c(OC)c(OC)c1. The first kappa shape index (κ1) is 18.9. The van der Waals surface area contributed by atoms with Crippen LogP contribution in [0.25, 0.3) is 0 Å². The summed E-state index contributed by atoms with van der Waals surface area (Å²) < 4.78 is 15.9. The number of hydrogen-bond acceptors (Lipinski definition) is 4. The highest BCUT2D eigenvalue weighted by Gasteiger charge is 2.17. The maximum atomic E-state index is 12.5. The number of carbonyl (C=O) groups is 1. The molecular formula is C17H28N2O4. The third kappa shape index (κ3) is 5.23. The van der Waals surface area contributed by atoms with Crippen molar-refractivity contribution in [2.75, 3.05) is 39.7 Å². The van der Waals surface area contributed by atoms with Gasteiger partial charge in [-0.3, -0.25) is 0 Å². The van der Waals surface area contributed by atoms with Crippen LogP contribution in [-0.4, -0.2) is 45.3 Å². The molecule has 1 aromatic carbocycles. The van der Waals surface area contributed by atoms with Gasteiger partial charge in [0.05, 0.1) is 27.0 Å². The van der Waals surface area contributed by atoms with Gasteiger partial charge in [0.15, 0.2) is 11.5 Å². The smallest absolute Gasteiger partial charge is 0.321 e. The van der Waals surface area contributed by atoms with Gasteiger partial charge in [0.2, 0.25) is 5.75 Å². The molecule has 0 atom stereocenters. The number of methoxy groups -OCH3 is 3. The molecule has 0 unspecified atom stereocenters. The number of hydrogen-bond donors (Lipinski definition) is 1. The number of urea groups is 1. The third-order valence-corrected chi connectivity index (χ3v) is 3.48. The minimum Gasteiger partial charge on any atom is -0.493 e. The second-order valence-corrected chi connectivity index (χ2v) is 5.18. The number of nitrogens with zero attached hydrogens (tertiary/aromatic N) is 1. The molecule has 0 spiro atoms. The molecule has 1 aromatic rings. The van der Waals surface area contributed by atoms with E-state index in [1.54, 1.807) is 33.5 Å². The Kier molecular flexibility index (Phi) is 8.08. The van der Waals surface area contributed by atoms with Gasteiger partial charge >= 0.3 is 6.03 Å². The van der Waals surface area contributed by atoms with E-state index in [-0.39, 0.29) is 6.03 Å². The highest BCUT2D eigenvalue weighted by Crippen LogP contribution is 2.39. The lowest BCUT2D eigenvalue weighted by atomic mass is 10.2. The number of benzene rings is 1. The zero-order valence-electron chi connectivity index (χ0n) is 14.8. The van der Waals surface area contributed by atoms with Crippen LogP contribution < -0.4 is 19.5 Å². The maximum absolute atomic E-state index is 12.5. The first-order chi connectivity index (χ1) is 11.1. The van der Waals surface area contributed by atoms with E-state index in [2.05, 4.69) is 19.2 Å². The molecule has 1 N–H and O–H groups in total. The van der Waals surface area contributed by atoms with Crippen LogP contribution in [0.3, 0.4) is 0 Å². The lowest BCUT2D eigenvalue weighted by molar-refractivity contribution is 0.210. The van der Waals surface area contributed by atoms with Crippen molar-refractivity contribution in [3.63, 3.8) is 0 Å². The summed E-state index contributed by atoms with van der Waals surface area (Å²) in [5, 5.41) is 2.91. The fraction of sp³-hybridized carbons (Fsp3) is 0.588. The molecule has 23 heavy (non-hydrogen) atoms. The molecule has 1 rings (SSSR count). The molecular weight excluding hydrogens is 296 g/mol. The van der Waals surface area contributed by atoms with Crippen molar-refractivity contribution < 1.29 is 19.0 Å². The molecule has 0 aliphatic rings. The van der Waals surface area contributed by atoms with Gasteiger partial charge < -0.3 is 24.4 Å². The minimum absolute atomic E-state index is 0.116. The number of ether oxygens (including phenoxy) is 3. The zero-order valence-corrected chi connectivity index (χ0v) is 14.8. The molecule has 0 radical (unpaired) electrons. The summed E-state index contributed by atoms with van der Waals surface area (Å²) in [4.78, 5) is 14.3. The van der Waals surface area contributed by atoms with Crippen LogP contribution in [0, 0.1) is 0 Å². The van der Waals surface area contributed by atoms with Crippen molar-refractivity contribution in [1.29, 1.82) is 0 Å². The summed E-state index contributed by atoms with van der Waals surface area (Å²) in [6.07, 6.45) is 2.97. The summed E-state index contributed by atoms with van der Waals surface area (Å²) in [6, 6.07) is 3.33. The van der Waals surface area contributed by atoms with Gasteiger partial charge in [0.1, 0.15) is 0 Å². The van der Waals surface area contributed by atoms with Crippen LogP contribution in [0.2, 0.25) is 0 Å². The van der Waals surface area contributed by atoms with E-state index >= 15 is 0 Å². The summed E-state index contributed by atoms with van der Waals surface area (Å²) in [6.45, 7) is 5.66. The van der Waals surface area contributed by atoms with Gasteiger partial charge in [0, 0.05) is 25.2 Å². The molecule has 0 fully saturated rings. The number of carbonyl (C=O) groups excluding carboxylic acids is 1. The average molecular weight is 324 g/mol. The molecule has 2 amide bonds. The van der Waals surface area contributed by atoms with Crippen molar-refractivity contribution in [1.82, 2.24) is 4.90 Å². The van der Waals surface area contributed by atoms with Crippen molar-refractivity contribution in [3.8, 4) is 17.2 Å². The van der Waals surface area contributed by atoms with E-state index in [4.69, 9.17) is 14.2 Å². The van der Waals surface area contributed by atoms with Crippen LogP contribution >= 0.6 is 0 Å². The van der Waals surface area contributed by atoms with E-state index in [1.165, 1.54) is 0 Å². The third-order valence-electron chi connectivity index (χ3n) is 3.48. The van der Waals surface area contributed by atoms with E-state index < -0.39 is 0 Å². The number of rotatable bonds is 9. The Morgan fingerprint density at radius 3 is 2.04 bits per heavy atom. The Morgan fingerprint density at radius 2 is 1.61 bits per heavy atom. The van der Waals surface area contributed by atoms with Crippen molar-refractivity contribution in [3.05, 3.63) is 12.1 Å². The highest BCUT2D eigenvalue weighted by molar-refractivity contribution is 5.90. The molecule has 0 bridgehead atoms. The van der Waals surface area contributed by atoms with Crippen molar-refractivity contribution in [2.45, 2.75) is 33.1 Å². The van der Waals surface area contributed by atoms with Crippen LogP contribution in [-0.2, 0) is 0 Å². The Labute approximate surface area is 138 Å². The molecule has 6 heteroatoms. The van der Waals surface area contributed by atoms with E-state index in [9.17, 15) is 4.79 Å². The average Bonchev–Trinajstić information content (AvgIpc) is 2.57. The Morgan fingerprint density at radius 1 is 1.00 bits per heavy atom. The van der Waals surface area contributed by atoms with Gasteiger partial charge in [0.25, 0.3) is 0 Å². The first-order valence-corrected chi connectivity index (χ1v) is 7.97. The predicted molar refractivity (Wildman–Crippen MR) is 91.9 cm³/mol. The monoisotopic (exact) mass is 324 g/mol. The van der Waals surface area contributed by atoms with E-state index in [0.717, 1.165) is 32.4 Å². The summed E-state index contributed by atoms with van der Waals surface area (Å²) in [7, 11) is 4.65. The zero-order chi connectivity index (χ0) is 17.2. The van der Waals surface area contributed by atoms with Crippen LogP contribution in [0.15, 0.2) is 12.1 Å². The van der Waals surface area contributed by atoms with Crippen molar-refractivity contribution >= 4 is 11.7 Å². The summed E-state index contributed by atoms with van der Waals surface area (Å²) >= 11 is 0. The van der Waals surface area contributed by atoms with E-state index in [1.807, 2.05) is 4.90 Å². The topological polar surface area (TPSA) is 60.0 Å². The predicted octanol–water partition coefficient (Wildman–Crippen LogP) is 3.76. The van der Waals surface area contributed by atoms with Gasteiger partial charge in [-0.25, -0.2) is 4.79 Å². The number of anilines is 1. The first-order valence-electron chi connectivity index (χ1n) is 7.97. The fourth-order valence-electron chi connectivity index (χ4n) is 2.29. The molecule has 0 aliphatic heterocycles. The standard InChI is InChI=1S/C17H28N2O4/c1-6-8-10-19(9-7-2)17(20)18-13-11-14(21-3)16(23-5)15(12-13)22-4/h11-12H,6-10H2,1-5H3,(H,18,20). The van der Waals surface area contributed by atoms with Gasteiger partial charge in [-0.15, -0.1) is 0 Å². The van der Waals surface area contributed by atoms with Crippen LogP contribution in [0.4, 0.5) is 10.5 Å². The lowest BCUT2D eigenvalue weighted by Gasteiger charge is -2.23. The molecule has 0 saturated heterocycles. The Balaban J connectivity index is 2.95. The highest BCUT2D eigenvalue weighted by atomic mass is 16.5. The minimum atomic E-state index is -0.116. The Hall–Kier alpha value is -2.11. The van der Waals surface area contributed by atoms with Gasteiger partial charge in [-0.2, -0.15) is 0 Å². The molecule has 130 valence electrons. The summed E-state index contributed by atoms with van der Waals surface area (Å²) in [5.41, 5.74) is 0.613. The molecule has 0 saturated carbocycles. The second-order valence-electron chi connectivity index (χ2n) is 5.18. The van der Waals surface area contributed by atoms with E-state index in [0.29, 0.717) is 22.9 Å². The Bertz CT molecular complexity index is 480. The molecule has 0 heterocycles. The second kappa shape index (κ2) is 9.82. The number of amides is 2. The largest absolute Gasteiger partial charge is 0.493 e. The normalized spacial score (nSPS) is 10.1. The lowest BCUT2D eigenvalue weighted by Crippen LogP contribution is -2.36. The van der Waals surface area contributed by atoms with Crippen molar-refractivity contribution in [2.24, 2.45) is 0 Å². The molecule has 0 aromatic heterocycles. The molecule has 0 aliphatic carbocycles. The quantitative estimate of drug-likeness (QED) is 0.751. The van der Waals surface area contributed by atoms with Crippen LogP contribution in [0.5, 0.6) is 17.2 Å². The van der Waals surface area contributed by atoms with Gasteiger partial charge in [-0.1, -0.05) is 20.3 Å². The molecule has 6 nitrogen and oxygen atoms in total. The summed E-state index contributed by atoms with van der Waals surface area (Å²) in [5.74, 6) is 1.53.